The molecular weight excluding hydrogens is 204 g/mol. The number of hydrogen-bond donors (Lipinski definition) is 2. The van der Waals surface area contributed by atoms with Crippen LogP contribution in [0.25, 0.3) is 0 Å². The third-order valence-electron chi connectivity index (χ3n) is 2.37. The highest BCUT2D eigenvalue weighted by Crippen LogP contribution is 2.18. The molecule has 1 aliphatic rings. The predicted molar refractivity (Wildman–Crippen MR) is 59.6 cm³/mol. The Morgan fingerprint density at radius 2 is 2.25 bits per heavy atom. The Morgan fingerprint density at radius 1 is 1.44 bits per heavy atom. The highest BCUT2D eigenvalue weighted by Gasteiger charge is 2.22. The molecule has 0 spiro atoms. The first kappa shape index (κ1) is 11.0. The summed E-state index contributed by atoms with van der Waals surface area (Å²) in [6.07, 6.45) is 5.69. The molecule has 1 fully saturated rings. The first-order chi connectivity index (χ1) is 7.74. The van der Waals surface area contributed by atoms with Crippen LogP contribution in [0.5, 0.6) is 0 Å². The zero-order valence-electron chi connectivity index (χ0n) is 9.36. The minimum Gasteiger partial charge on any atom is -0.352 e. The average molecular weight is 220 g/mol. The van der Waals surface area contributed by atoms with Crippen molar-refractivity contribution in [3.63, 3.8) is 0 Å². The van der Waals surface area contributed by atoms with E-state index < -0.39 is 0 Å². The van der Waals surface area contributed by atoms with E-state index in [-0.39, 0.29) is 5.91 Å². The second-order valence-electron chi connectivity index (χ2n) is 4.09. The number of carbonyl (C=O) groups is 1. The molecule has 0 bridgehead atoms. The van der Waals surface area contributed by atoms with Crippen LogP contribution in [0.3, 0.4) is 0 Å². The number of hydrogen-bond acceptors (Lipinski definition) is 4. The van der Waals surface area contributed by atoms with Gasteiger partial charge < -0.3 is 10.6 Å². The van der Waals surface area contributed by atoms with E-state index in [4.69, 9.17) is 0 Å². The van der Waals surface area contributed by atoms with Gasteiger partial charge in [-0.05, 0) is 19.8 Å². The lowest BCUT2D eigenvalue weighted by Gasteiger charge is -2.05. The maximum atomic E-state index is 11.3. The molecule has 1 heterocycles. The highest BCUT2D eigenvalue weighted by molar-refractivity contribution is 5.78. The van der Waals surface area contributed by atoms with E-state index >= 15 is 0 Å². The van der Waals surface area contributed by atoms with Crippen LogP contribution < -0.4 is 10.6 Å². The van der Waals surface area contributed by atoms with Gasteiger partial charge in [0.2, 0.25) is 5.91 Å². The minimum atomic E-state index is 0.0579. The van der Waals surface area contributed by atoms with Crippen molar-refractivity contribution in [1.82, 2.24) is 20.6 Å². The van der Waals surface area contributed by atoms with Crippen LogP contribution in [0, 0.1) is 6.92 Å². The second kappa shape index (κ2) is 5.03. The zero-order valence-corrected chi connectivity index (χ0v) is 9.36. The summed E-state index contributed by atoms with van der Waals surface area (Å²) in [7, 11) is 0. The molecule has 0 atom stereocenters. The number of aryl methyl sites for hydroxylation is 1. The third kappa shape index (κ3) is 3.58. The molecule has 1 saturated carbocycles. The molecule has 1 aliphatic carbocycles. The summed E-state index contributed by atoms with van der Waals surface area (Å²) in [4.78, 5) is 19.7. The molecule has 1 aromatic heterocycles. The maximum absolute atomic E-state index is 11.3. The van der Waals surface area contributed by atoms with E-state index in [0.29, 0.717) is 19.1 Å². The second-order valence-corrected chi connectivity index (χ2v) is 4.09. The molecule has 2 N–H and O–H groups in total. The van der Waals surface area contributed by atoms with Gasteiger partial charge in [0.1, 0.15) is 0 Å². The van der Waals surface area contributed by atoms with Crippen molar-refractivity contribution in [3.05, 3.63) is 23.8 Å². The molecule has 86 valence electrons. The average Bonchev–Trinajstić information content (AvgIpc) is 3.05. The Hall–Kier alpha value is -1.49. The Balaban J connectivity index is 1.66. The van der Waals surface area contributed by atoms with E-state index in [1.165, 1.54) is 0 Å². The van der Waals surface area contributed by atoms with Crippen molar-refractivity contribution in [3.8, 4) is 0 Å². The first-order valence-electron chi connectivity index (χ1n) is 5.51. The lowest BCUT2D eigenvalue weighted by Crippen LogP contribution is -2.34. The van der Waals surface area contributed by atoms with Gasteiger partial charge in [-0.1, -0.05) is 0 Å². The number of nitrogens with one attached hydrogen (secondary N) is 2. The van der Waals surface area contributed by atoms with E-state index in [1.54, 1.807) is 12.4 Å². The smallest absolute Gasteiger partial charge is 0.234 e. The van der Waals surface area contributed by atoms with Crippen molar-refractivity contribution in [2.75, 3.05) is 6.54 Å². The van der Waals surface area contributed by atoms with Gasteiger partial charge in [0.15, 0.2) is 0 Å². The first-order valence-corrected chi connectivity index (χ1v) is 5.51. The van der Waals surface area contributed by atoms with Crippen molar-refractivity contribution in [2.24, 2.45) is 0 Å². The molecule has 0 aliphatic heterocycles. The topological polar surface area (TPSA) is 66.9 Å². The van der Waals surface area contributed by atoms with Gasteiger partial charge in [0, 0.05) is 25.0 Å². The van der Waals surface area contributed by atoms with Gasteiger partial charge in [-0.2, -0.15) is 0 Å². The summed E-state index contributed by atoms with van der Waals surface area (Å²) in [5.74, 6) is 0.0579. The van der Waals surface area contributed by atoms with Crippen LogP contribution in [0.2, 0.25) is 0 Å². The SMILES string of the molecule is Cc1cnc(CNCC(=O)NC2CC2)cn1. The van der Waals surface area contributed by atoms with Crippen LogP contribution in [-0.2, 0) is 11.3 Å². The summed E-state index contributed by atoms with van der Waals surface area (Å²) < 4.78 is 0. The quantitative estimate of drug-likeness (QED) is 0.741. The van der Waals surface area contributed by atoms with Crippen LogP contribution in [0.1, 0.15) is 24.2 Å². The number of aromatic nitrogens is 2. The molecular formula is C11H16N4O. The number of carbonyl (C=O) groups excluding carboxylic acids is 1. The van der Waals surface area contributed by atoms with Gasteiger partial charge in [-0.15, -0.1) is 0 Å². The summed E-state index contributed by atoms with van der Waals surface area (Å²) in [6, 6.07) is 0.425. The summed E-state index contributed by atoms with van der Waals surface area (Å²) in [6.45, 7) is 2.81. The normalized spacial score (nSPS) is 14.8. The van der Waals surface area contributed by atoms with Crippen molar-refractivity contribution >= 4 is 5.91 Å². The molecule has 16 heavy (non-hydrogen) atoms. The molecule has 0 unspecified atom stereocenters. The van der Waals surface area contributed by atoms with Gasteiger partial charge in [-0.25, -0.2) is 0 Å². The molecule has 5 heteroatoms. The molecule has 5 nitrogen and oxygen atoms in total. The van der Waals surface area contributed by atoms with E-state index in [9.17, 15) is 4.79 Å². The van der Waals surface area contributed by atoms with Gasteiger partial charge >= 0.3 is 0 Å². The van der Waals surface area contributed by atoms with Crippen LogP contribution in [-0.4, -0.2) is 28.5 Å². The minimum absolute atomic E-state index is 0.0579. The molecule has 0 saturated heterocycles. The zero-order chi connectivity index (χ0) is 11.4. The molecule has 0 aromatic carbocycles. The molecule has 1 aromatic rings. The van der Waals surface area contributed by atoms with Crippen molar-refractivity contribution in [2.45, 2.75) is 32.4 Å². The predicted octanol–water partition coefficient (Wildman–Crippen LogP) is 0.153. The van der Waals surface area contributed by atoms with E-state index in [2.05, 4.69) is 20.6 Å². The maximum Gasteiger partial charge on any atom is 0.234 e. The largest absolute Gasteiger partial charge is 0.352 e. The Labute approximate surface area is 94.7 Å². The fourth-order valence-corrected chi connectivity index (χ4v) is 1.32. The fourth-order valence-electron chi connectivity index (χ4n) is 1.32. The van der Waals surface area contributed by atoms with E-state index in [0.717, 1.165) is 24.2 Å². The van der Waals surface area contributed by atoms with Crippen LogP contribution in [0.4, 0.5) is 0 Å². The van der Waals surface area contributed by atoms with Crippen molar-refractivity contribution in [1.29, 1.82) is 0 Å². The van der Waals surface area contributed by atoms with Gasteiger partial charge in [0.05, 0.1) is 17.9 Å². The fraction of sp³-hybridized carbons (Fsp3) is 0.545. The highest BCUT2D eigenvalue weighted by atomic mass is 16.2. The van der Waals surface area contributed by atoms with Crippen LogP contribution >= 0.6 is 0 Å². The molecule has 1 amide bonds. The molecule has 0 radical (unpaired) electrons. The molecule has 2 rings (SSSR count). The number of amides is 1. The Kier molecular flexibility index (Phi) is 3.46. The summed E-state index contributed by atoms with van der Waals surface area (Å²) in [5.41, 5.74) is 1.75. The Morgan fingerprint density at radius 3 is 2.88 bits per heavy atom. The number of rotatable bonds is 5. The lowest BCUT2D eigenvalue weighted by atomic mass is 10.4. The van der Waals surface area contributed by atoms with Crippen molar-refractivity contribution < 1.29 is 4.79 Å². The lowest BCUT2D eigenvalue weighted by molar-refractivity contribution is -0.120. The summed E-state index contributed by atoms with van der Waals surface area (Å²) in [5, 5.41) is 5.95. The third-order valence-corrected chi connectivity index (χ3v) is 2.37. The number of nitrogens with zero attached hydrogens (tertiary/aromatic N) is 2. The summed E-state index contributed by atoms with van der Waals surface area (Å²) >= 11 is 0. The van der Waals surface area contributed by atoms with Gasteiger partial charge in [-0.3, -0.25) is 14.8 Å². The Bertz CT molecular complexity index is 359. The monoisotopic (exact) mass is 220 g/mol. The van der Waals surface area contributed by atoms with E-state index in [1.807, 2.05) is 6.92 Å². The van der Waals surface area contributed by atoms with Gasteiger partial charge in [0.25, 0.3) is 0 Å². The standard InChI is InChI=1S/C11H16N4O/c1-8-4-14-10(6-13-8)5-12-7-11(16)15-9-2-3-9/h4,6,9,12H,2-3,5,7H2,1H3,(H,15,16). The van der Waals surface area contributed by atoms with Crippen LogP contribution in [0.15, 0.2) is 12.4 Å².